The third-order valence-electron chi connectivity index (χ3n) is 2.36. The molecule has 0 fully saturated rings. The van der Waals surface area contributed by atoms with Crippen LogP contribution < -0.4 is 0 Å². The van der Waals surface area contributed by atoms with Crippen molar-refractivity contribution in [3.05, 3.63) is 41.2 Å². The van der Waals surface area contributed by atoms with Gasteiger partial charge in [0.05, 0.1) is 12.3 Å². The van der Waals surface area contributed by atoms with E-state index in [-0.39, 0.29) is 6.61 Å². The topological polar surface area (TPSA) is 33.1 Å². The number of pyridine rings is 1. The first-order valence-electron chi connectivity index (χ1n) is 4.83. The Kier molecular flexibility index (Phi) is 2.75. The number of nitrogens with zero attached hydrogens (tertiary/aromatic N) is 1. The Bertz CT molecular complexity index is 380. The molecule has 1 aromatic heterocycles. The average molecular weight is 187 g/mol. The van der Waals surface area contributed by atoms with Crippen LogP contribution >= 0.6 is 0 Å². The summed E-state index contributed by atoms with van der Waals surface area (Å²) in [4.78, 5) is 4.30. The molecule has 1 N–H and O–H groups in total. The summed E-state index contributed by atoms with van der Waals surface area (Å²) in [5, 5.41) is 8.72. The number of aliphatic hydroxyl groups excluding tert-OH is 1. The third-order valence-corrected chi connectivity index (χ3v) is 2.36. The molecule has 0 aromatic carbocycles. The minimum absolute atomic E-state index is 0.0902. The molecule has 2 rings (SSSR count). The van der Waals surface area contributed by atoms with E-state index >= 15 is 0 Å². The van der Waals surface area contributed by atoms with E-state index in [4.69, 9.17) is 5.11 Å². The molecule has 0 saturated carbocycles. The SMILES string of the molecule is OC/C=C/c1ccnc2c1CCC=C2. The number of aromatic nitrogens is 1. The monoisotopic (exact) mass is 187 g/mol. The van der Waals surface area contributed by atoms with Crippen molar-refractivity contribution in [2.24, 2.45) is 0 Å². The van der Waals surface area contributed by atoms with Crippen LogP contribution in [0.5, 0.6) is 0 Å². The standard InChI is InChI=1S/C12H13NO/c14-9-3-4-10-7-8-13-12-6-2-1-5-11(10)12/h2-4,6-8,14H,1,5,9H2/b4-3+. The minimum Gasteiger partial charge on any atom is -0.392 e. The summed E-state index contributed by atoms with van der Waals surface area (Å²) >= 11 is 0. The van der Waals surface area contributed by atoms with Crippen LogP contribution in [0.15, 0.2) is 24.4 Å². The van der Waals surface area contributed by atoms with Gasteiger partial charge in [0, 0.05) is 6.20 Å². The smallest absolute Gasteiger partial charge is 0.0664 e. The van der Waals surface area contributed by atoms with Crippen molar-refractivity contribution in [3.8, 4) is 0 Å². The summed E-state index contributed by atoms with van der Waals surface area (Å²) in [5.41, 5.74) is 3.53. The Balaban J connectivity index is 2.41. The molecule has 0 aliphatic heterocycles. The van der Waals surface area contributed by atoms with Gasteiger partial charge in [-0.05, 0) is 36.1 Å². The summed E-state index contributed by atoms with van der Waals surface area (Å²) in [6.07, 6.45) is 11.9. The van der Waals surface area contributed by atoms with Gasteiger partial charge in [0.2, 0.25) is 0 Å². The number of hydrogen-bond donors (Lipinski definition) is 1. The zero-order chi connectivity index (χ0) is 9.80. The average Bonchev–Trinajstić information content (AvgIpc) is 2.26. The molecule has 14 heavy (non-hydrogen) atoms. The molecule has 2 nitrogen and oxygen atoms in total. The van der Waals surface area contributed by atoms with Crippen LogP contribution in [0.2, 0.25) is 0 Å². The molecule has 0 unspecified atom stereocenters. The van der Waals surface area contributed by atoms with E-state index in [1.54, 1.807) is 6.08 Å². The van der Waals surface area contributed by atoms with Crippen molar-refractivity contribution in [1.82, 2.24) is 4.98 Å². The predicted molar refractivity (Wildman–Crippen MR) is 57.7 cm³/mol. The second-order valence-electron chi connectivity index (χ2n) is 3.29. The van der Waals surface area contributed by atoms with Crippen molar-refractivity contribution in [1.29, 1.82) is 0 Å². The van der Waals surface area contributed by atoms with E-state index in [1.807, 2.05) is 18.3 Å². The fourth-order valence-corrected chi connectivity index (χ4v) is 1.70. The van der Waals surface area contributed by atoms with Crippen LogP contribution in [-0.4, -0.2) is 16.7 Å². The predicted octanol–water partition coefficient (Wildman–Crippen LogP) is 2.05. The second kappa shape index (κ2) is 4.20. The van der Waals surface area contributed by atoms with Crippen molar-refractivity contribution < 1.29 is 5.11 Å². The molecule has 72 valence electrons. The molecule has 0 bridgehead atoms. The van der Waals surface area contributed by atoms with Crippen LogP contribution in [0.3, 0.4) is 0 Å². The normalized spacial score (nSPS) is 14.6. The van der Waals surface area contributed by atoms with Crippen LogP contribution in [0, 0.1) is 0 Å². The molecule has 0 spiro atoms. The Morgan fingerprint density at radius 2 is 2.43 bits per heavy atom. The third kappa shape index (κ3) is 1.75. The van der Waals surface area contributed by atoms with Crippen LogP contribution in [0.1, 0.15) is 23.2 Å². The molecular formula is C12H13NO. The first-order chi connectivity index (χ1) is 6.92. The first-order valence-corrected chi connectivity index (χ1v) is 4.83. The van der Waals surface area contributed by atoms with Crippen molar-refractivity contribution >= 4 is 12.2 Å². The molecule has 1 aromatic rings. The molecular weight excluding hydrogens is 174 g/mol. The van der Waals surface area contributed by atoms with Crippen molar-refractivity contribution in [3.63, 3.8) is 0 Å². The molecule has 1 aliphatic rings. The summed E-state index contributed by atoms with van der Waals surface area (Å²) in [6.45, 7) is 0.0902. The number of allylic oxidation sites excluding steroid dienone is 1. The fraction of sp³-hybridized carbons (Fsp3) is 0.250. The van der Waals surface area contributed by atoms with Crippen LogP contribution in [0.4, 0.5) is 0 Å². The first kappa shape index (κ1) is 9.16. The van der Waals surface area contributed by atoms with Gasteiger partial charge in [-0.15, -0.1) is 0 Å². The largest absolute Gasteiger partial charge is 0.392 e. The van der Waals surface area contributed by atoms with Gasteiger partial charge in [-0.25, -0.2) is 0 Å². The van der Waals surface area contributed by atoms with E-state index in [0.29, 0.717) is 0 Å². The number of aliphatic hydroxyl groups is 1. The fourth-order valence-electron chi connectivity index (χ4n) is 1.70. The summed E-state index contributed by atoms with van der Waals surface area (Å²) in [5.74, 6) is 0. The Morgan fingerprint density at radius 1 is 1.50 bits per heavy atom. The van der Waals surface area contributed by atoms with Gasteiger partial charge in [-0.1, -0.05) is 18.2 Å². The highest BCUT2D eigenvalue weighted by Gasteiger charge is 2.07. The lowest BCUT2D eigenvalue weighted by Crippen LogP contribution is -1.99. The van der Waals surface area contributed by atoms with Gasteiger partial charge in [0.15, 0.2) is 0 Å². The zero-order valence-electron chi connectivity index (χ0n) is 7.98. The lowest BCUT2D eigenvalue weighted by Gasteiger charge is -2.11. The van der Waals surface area contributed by atoms with E-state index in [2.05, 4.69) is 17.1 Å². The molecule has 1 aliphatic carbocycles. The van der Waals surface area contributed by atoms with Crippen molar-refractivity contribution in [2.45, 2.75) is 12.8 Å². The van der Waals surface area contributed by atoms with Gasteiger partial charge < -0.3 is 5.11 Å². The second-order valence-corrected chi connectivity index (χ2v) is 3.29. The lowest BCUT2D eigenvalue weighted by molar-refractivity contribution is 0.343. The Labute approximate surface area is 83.6 Å². The van der Waals surface area contributed by atoms with E-state index < -0.39 is 0 Å². The zero-order valence-corrected chi connectivity index (χ0v) is 7.98. The summed E-state index contributed by atoms with van der Waals surface area (Å²) in [7, 11) is 0. The highest BCUT2D eigenvalue weighted by Crippen LogP contribution is 2.21. The molecule has 0 radical (unpaired) electrons. The number of fused-ring (bicyclic) bond motifs is 1. The maximum atomic E-state index is 8.72. The van der Waals surface area contributed by atoms with Gasteiger partial charge >= 0.3 is 0 Å². The molecule has 0 amide bonds. The Morgan fingerprint density at radius 3 is 3.29 bits per heavy atom. The number of rotatable bonds is 2. The molecule has 2 heteroatoms. The molecule has 1 heterocycles. The van der Waals surface area contributed by atoms with E-state index in [9.17, 15) is 0 Å². The summed E-state index contributed by atoms with van der Waals surface area (Å²) in [6, 6.07) is 1.99. The maximum absolute atomic E-state index is 8.72. The Hall–Kier alpha value is -1.41. The van der Waals surface area contributed by atoms with Gasteiger partial charge in [-0.2, -0.15) is 0 Å². The highest BCUT2D eigenvalue weighted by molar-refractivity contribution is 5.62. The highest BCUT2D eigenvalue weighted by atomic mass is 16.2. The van der Waals surface area contributed by atoms with Crippen LogP contribution in [-0.2, 0) is 6.42 Å². The van der Waals surface area contributed by atoms with Gasteiger partial charge in [-0.3, -0.25) is 4.98 Å². The number of hydrogen-bond acceptors (Lipinski definition) is 2. The van der Waals surface area contributed by atoms with Crippen LogP contribution in [0.25, 0.3) is 12.2 Å². The maximum Gasteiger partial charge on any atom is 0.0664 e. The molecule has 0 saturated heterocycles. The van der Waals surface area contributed by atoms with E-state index in [1.165, 1.54) is 11.1 Å². The van der Waals surface area contributed by atoms with E-state index in [0.717, 1.165) is 18.5 Å². The van der Waals surface area contributed by atoms with Gasteiger partial charge in [0.25, 0.3) is 0 Å². The quantitative estimate of drug-likeness (QED) is 0.768. The lowest BCUT2D eigenvalue weighted by atomic mass is 9.97. The molecule has 0 atom stereocenters. The minimum atomic E-state index is 0.0902. The van der Waals surface area contributed by atoms with Crippen molar-refractivity contribution in [2.75, 3.05) is 6.61 Å². The summed E-state index contributed by atoms with van der Waals surface area (Å²) < 4.78 is 0. The van der Waals surface area contributed by atoms with Gasteiger partial charge in [0.1, 0.15) is 0 Å².